The van der Waals surface area contributed by atoms with Crippen LogP contribution in [0.1, 0.15) is 40.0 Å². The van der Waals surface area contributed by atoms with Crippen molar-refractivity contribution in [3.05, 3.63) is 34.7 Å². The number of hydrogen-bond donors (Lipinski definition) is 1. The minimum Gasteiger partial charge on any atom is -0.444 e. The predicted molar refractivity (Wildman–Crippen MR) is 98.9 cm³/mol. The van der Waals surface area contributed by atoms with Crippen LogP contribution in [0.4, 0.5) is 4.79 Å². The summed E-state index contributed by atoms with van der Waals surface area (Å²) in [5, 5.41) is 2.94. The number of nitrogens with zero attached hydrogens (tertiary/aromatic N) is 2. The van der Waals surface area contributed by atoms with Crippen molar-refractivity contribution in [2.45, 2.75) is 52.2 Å². The van der Waals surface area contributed by atoms with Crippen molar-refractivity contribution in [3.63, 3.8) is 0 Å². The standard InChI is InChI=1S/C19H29N3O4/c1-19(2,3)26-18(25)22-13-8-15(9-14-22)17(24)20-10-6-12-21-11-5-4-7-16(21)23/h4-5,7,11,15H,6,8-10,12-14H2,1-3H3,(H,20,24). The summed E-state index contributed by atoms with van der Waals surface area (Å²) >= 11 is 0. The van der Waals surface area contributed by atoms with Gasteiger partial charge in [0.05, 0.1) is 0 Å². The molecule has 0 radical (unpaired) electrons. The van der Waals surface area contributed by atoms with Gasteiger partial charge in [-0.1, -0.05) is 6.07 Å². The number of ether oxygens (including phenoxy) is 1. The highest BCUT2D eigenvalue weighted by Gasteiger charge is 2.29. The van der Waals surface area contributed by atoms with Crippen LogP contribution in [0.15, 0.2) is 29.2 Å². The van der Waals surface area contributed by atoms with Crippen molar-refractivity contribution in [1.82, 2.24) is 14.8 Å². The average Bonchev–Trinajstić information content (AvgIpc) is 2.58. The second kappa shape index (κ2) is 8.87. The van der Waals surface area contributed by atoms with Crippen LogP contribution >= 0.6 is 0 Å². The SMILES string of the molecule is CC(C)(C)OC(=O)N1CCC(C(=O)NCCCn2ccccc2=O)CC1. The van der Waals surface area contributed by atoms with Gasteiger partial charge in [-0.3, -0.25) is 9.59 Å². The maximum Gasteiger partial charge on any atom is 0.410 e. The van der Waals surface area contributed by atoms with Crippen molar-refractivity contribution >= 4 is 12.0 Å². The van der Waals surface area contributed by atoms with E-state index in [9.17, 15) is 14.4 Å². The van der Waals surface area contributed by atoms with Crippen LogP contribution in [0.5, 0.6) is 0 Å². The molecule has 7 heteroatoms. The highest BCUT2D eigenvalue weighted by atomic mass is 16.6. The summed E-state index contributed by atoms with van der Waals surface area (Å²) in [6, 6.07) is 5.06. The molecule has 2 heterocycles. The van der Waals surface area contributed by atoms with Crippen molar-refractivity contribution in [2.75, 3.05) is 19.6 Å². The van der Waals surface area contributed by atoms with Gasteiger partial charge in [-0.25, -0.2) is 4.79 Å². The summed E-state index contributed by atoms with van der Waals surface area (Å²) in [5.41, 5.74) is -0.542. The van der Waals surface area contributed by atoms with E-state index in [1.807, 2.05) is 26.8 Å². The molecule has 2 rings (SSSR count). The molecule has 2 amide bonds. The molecule has 0 unspecified atom stereocenters. The van der Waals surface area contributed by atoms with Crippen LogP contribution in [0.3, 0.4) is 0 Å². The number of likely N-dealkylation sites (tertiary alicyclic amines) is 1. The van der Waals surface area contributed by atoms with E-state index >= 15 is 0 Å². The van der Waals surface area contributed by atoms with Crippen LogP contribution in [0.2, 0.25) is 0 Å². The van der Waals surface area contributed by atoms with Crippen LogP contribution in [-0.4, -0.2) is 46.7 Å². The maximum atomic E-state index is 12.3. The Labute approximate surface area is 154 Å². The van der Waals surface area contributed by atoms with Gasteiger partial charge in [-0.05, 0) is 46.1 Å². The minimum atomic E-state index is -0.508. The first-order valence-electron chi connectivity index (χ1n) is 9.17. The monoisotopic (exact) mass is 363 g/mol. The zero-order valence-corrected chi connectivity index (χ0v) is 15.9. The highest BCUT2D eigenvalue weighted by molar-refractivity contribution is 5.79. The number of carbonyl (C=O) groups is 2. The lowest BCUT2D eigenvalue weighted by Gasteiger charge is -2.32. The molecule has 1 fully saturated rings. The number of carbonyl (C=O) groups excluding carboxylic acids is 2. The zero-order valence-electron chi connectivity index (χ0n) is 15.9. The average molecular weight is 363 g/mol. The van der Waals surface area contributed by atoms with E-state index in [0.29, 0.717) is 45.4 Å². The van der Waals surface area contributed by atoms with E-state index in [0.717, 1.165) is 0 Å². The number of pyridine rings is 1. The van der Waals surface area contributed by atoms with Crippen LogP contribution < -0.4 is 10.9 Å². The first-order valence-corrected chi connectivity index (χ1v) is 9.17. The lowest BCUT2D eigenvalue weighted by atomic mass is 9.96. The molecule has 26 heavy (non-hydrogen) atoms. The van der Waals surface area contributed by atoms with Gasteiger partial charge >= 0.3 is 6.09 Å². The fourth-order valence-corrected chi connectivity index (χ4v) is 2.90. The van der Waals surface area contributed by atoms with Crippen LogP contribution in [0.25, 0.3) is 0 Å². The Kier molecular flexibility index (Phi) is 6.83. The van der Waals surface area contributed by atoms with Crippen LogP contribution in [0, 0.1) is 5.92 Å². The van der Waals surface area contributed by atoms with Crippen molar-refractivity contribution in [3.8, 4) is 0 Å². The quantitative estimate of drug-likeness (QED) is 0.812. The van der Waals surface area contributed by atoms with Gasteiger partial charge in [0.2, 0.25) is 11.5 Å². The Hall–Kier alpha value is -2.31. The highest BCUT2D eigenvalue weighted by Crippen LogP contribution is 2.19. The minimum absolute atomic E-state index is 0.0225. The second-order valence-electron chi connectivity index (χ2n) is 7.62. The molecule has 0 spiro atoms. The first-order chi connectivity index (χ1) is 12.3. The van der Waals surface area contributed by atoms with Gasteiger partial charge in [-0.2, -0.15) is 0 Å². The molecule has 0 bridgehead atoms. The van der Waals surface area contributed by atoms with Crippen LogP contribution in [-0.2, 0) is 16.1 Å². The normalized spacial score (nSPS) is 15.6. The molecule has 0 aliphatic carbocycles. The molecule has 1 aliphatic rings. The van der Waals surface area contributed by atoms with Gasteiger partial charge < -0.3 is 19.5 Å². The van der Waals surface area contributed by atoms with Gasteiger partial charge in [0.15, 0.2) is 0 Å². The topological polar surface area (TPSA) is 80.6 Å². The molecule has 0 saturated carbocycles. The number of aromatic nitrogens is 1. The number of aryl methyl sites for hydroxylation is 1. The largest absolute Gasteiger partial charge is 0.444 e. The summed E-state index contributed by atoms with van der Waals surface area (Å²) in [6.45, 7) is 7.71. The Balaban J connectivity index is 1.67. The molecular formula is C19H29N3O4. The van der Waals surface area contributed by atoms with Crippen molar-refractivity contribution in [2.24, 2.45) is 5.92 Å². The van der Waals surface area contributed by atoms with E-state index < -0.39 is 5.60 Å². The fraction of sp³-hybridized carbons (Fsp3) is 0.632. The summed E-state index contributed by atoms with van der Waals surface area (Å²) in [4.78, 5) is 37.6. The number of amides is 2. The number of rotatable bonds is 5. The van der Waals surface area contributed by atoms with Gasteiger partial charge in [-0.15, -0.1) is 0 Å². The molecule has 1 aromatic rings. The summed E-state index contributed by atoms with van der Waals surface area (Å²) in [7, 11) is 0. The number of nitrogens with one attached hydrogen (secondary N) is 1. The first kappa shape index (κ1) is 20.0. The lowest BCUT2D eigenvalue weighted by Crippen LogP contribution is -2.45. The van der Waals surface area contributed by atoms with Gasteiger partial charge in [0.25, 0.3) is 0 Å². The van der Waals surface area contributed by atoms with Gasteiger partial charge in [0, 0.05) is 44.4 Å². The molecule has 1 saturated heterocycles. The third kappa shape index (κ3) is 6.20. The predicted octanol–water partition coefficient (Wildman–Crippen LogP) is 2.00. The zero-order chi connectivity index (χ0) is 19.2. The van der Waals surface area contributed by atoms with E-state index in [2.05, 4.69) is 5.32 Å². The maximum absolute atomic E-state index is 12.3. The molecule has 1 aromatic heterocycles. The molecule has 7 nitrogen and oxygen atoms in total. The van der Waals surface area contributed by atoms with E-state index in [-0.39, 0.29) is 23.5 Å². The molecule has 144 valence electrons. The fourth-order valence-electron chi connectivity index (χ4n) is 2.90. The summed E-state index contributed by atoms with van der Waals surface area (Å²) < 4.78 is 6.99. The molecule has 0 aromatic carbocycles. The van der Waals surface area contributed by atoms with Crippen molar-refractivity contribution < 1.29 is 14.3 Å². The third-order valence-electron chi connectivity index (χ3n) is 4.29. The third-order valence-corrected chi connectivity index (χ3v) is 4.29. The van der Waals surface area contributed by atoms with Gasteiger partial charge in [0.1, 0.15) is 5.60 Å². The van der Waals surface area contributed by atoms with E-state index in [4.69, 9.17) is 4.74 Å². The summed E-state index contributed by atoms with van der Waals surface area (Å²) in [5.74, 6) is -0.0534. The molecule has 1 N–H and O–H groups in total. The lowest BCUT2D eigenvalue weighted by molar-refractivity contribution is -0.126. The molecule has 1 aliphatic heterocycles. The Morgan fingerprint density at radius 1 is 1.23 bits per heavy atom. The molecular weight excluding hydrogens is 334 g/mol. The number of hydrogen-bond acceptors (Lipinski definition) is 4. The Morgan fingerprint density at radius 2 is 1.92 bits per heavy atom. The van der Waals surface area contributed by atoms with Crippen molar-refractivity contribution in [1.29, 1.82) is 0 Å². The second-order valence-corrected chi connectivity index (χ2v) is 7.62. The Morgan fingerprint density at radius 3 is 2.54 bits per heavy atom. The molecule has 0 atom stereocenters. The Bertz CT molecular complexity index is 670. The number of piperidine rings is 1. The summed E-state index contributed by atoms with van der Waals surface area (Å²) in [6.07, 6.45) is 3.42. The van der Waals surface area contributed by atoms with E-state index in [1.165, 1.54) is 6.07 Å². The van der Waals surface area contributed by atoms with E-state index in [1.54, 1.807) is 21.7 Å². The smallest absolute Gasteiger partial charge is 0.410 e.